The predicted molar refractivity (Wildman–Crippen MR) is 54.8 cm³/mol. The number of hydrogen-bond donors (Lipinski definition) is 0. The molecule has 0 radical (unpaired) electrons. The zero-order valence-corrected chi connectivity index (χ0v) is 8.86. The SMILES string of the molecule is CCc1ccc(C(=O)N2CCOCC2)o1. The number of aryl methyl sites for hydroxylation is 1. The maximum atomic E-state index is 11.9. The maximum Gasteiger partial charge on any atom is 0.289 e. The summed E-state index contributed by atoms with van der Waals surface area (Å²) in [4.78, 5) is 13.7. The van der Waals surface area contributed by atoms with E-state index in [-0.39, 0.29) is 5.91 Å². The number of furan rings is 1. The van der Waals surface area contributed by atoms with Crippen LogP contribution >= 0.6 is 0 Å². The summed E-state index contributed by atoms with van der Waals surface area (Å²) in [5.41, 5.74) is 0. The Kier molecular flexibility index (Phi) is 3.06. The average molecular weight is 209 g/mol. The number of carbonyl (C=O) groups is 1. The first-order valence-electron chi connectivity index (χ1n) is 5.27. The largest absolute Gasteiger partial charge is 0.456 e. The summed E-state index contributed by atoms with van der Waals surface area (Å²) in [7, 11) is 0. The molecule has 1 aliphatic heterocycles. The maximum absolute atomic E-state index is 11.9. The Morgan fingerprint density at radius 3 is 2.73 bits per heavy atom. The molecule has 0 bridgehead atoms. The van der Waals surface area contributed by atoms with E-state index in [1.165, 1.54) is 0 Å². The van der Waals surface area contributed by atoms with Crippen LogP contribution in [0.4, 0.5) is 0 Å². The van der Waals surface area contributed by atoms with Crippen molar-refractivity contribution in [2.45, 2.75) is 13.3 Å². The van der Waals surface area contributed by atoms with Crippen molar-refractivity contribution >= 4 is 5.91 Å². The summed E-state index contributed by atoms with van der Waals surface area (Å²) in [5.74, 6) is 1.26. The smallest absolute Gasteiger partial charge is 0.289 e. The monoisotopic (exact) mass is 209 g/mol. The van der Waals surface area contributed by atoms with Crippen molar-refractivity contribution in [3.05, 3.63) is 23.7 Å². The summed E-state index contributed by atoms with van der Waals surface area (Å²) < 4.78 is 10.6. The number of carbonyl (C=O) groups excluding carboxylic acids is 1. The van der Waals surface area contributed by atoms with E-state index in [0.29, 0.717) is 32.1 Å². The second-order valence-corrected chi connectivity index (χ2v) is 3.52. The van der Waals surface area contributed by atoms with Gasteiger partial charge in [0.15, 0.2) is 5.76 Å². The van der Waals surface area contributed by atoms with E-state index in [2.05, 4.69) is 0 Å². The number of rotatable bonds is 2. The van der Waals surface area contributed by atoms with E-state index in [9.17, 15) is 4.79 Å². The number of ether oxygens (including phenoxy) is 1. The highest BCUT2D eigenvalue weighted by atomic mass is 16.5. The zero-order valence-electron chi connectivity index (χ0n) is 8.86. The van der Waals surface area contributed by atoms with Crippen molar-refractivity contribution in [3.8, 4) is 0 Å². The first-order chi connectivity index (χ1) is 7.31. The number of amides is 1. The van der Waals surface area contributed by atoms with Crippen LogP contribution < -0.4 is 0 Å². The fourth-order valence-corrected chi connectivity index (χ4v) is 1.61. The first kappa shape index (κ1) is 10.2. The lowest BCUT2D eigenvalue weighted by molar-refractivity contribution is 0.0282. The van der Waals surface area contributed by atoms with Crippen molar-refractivity contribution in [1.29, 1.82) is 0 Å². The van der Waals surface area contributed by atoms with E-state index >= 15 is 0 Å². The predicted octanol–water partition coefficient (Wildman–Crippen LogP) is 1.31. The van der Waals surface area contributed by atoms with Crippen LogP contribution in [0.25, 0.3) is 0 Å². The Balaban J connectivity index is 2.05. The normalized spacial score (nSPS) is 16.7. The lowest BCUT2D eigenvalue weighted by atomic mass is 10.3. The molecular formula is C11H15NO3. The molecular weight excluding hydrogens is 194 g/mol. The summed E-state index contributed by atoms with van der Waals surface area (Å²) in [6.45, 7) is 4.55. The molecule has 1 fully saturated rings. The fourth-order valence-electron chi connectivity index (χ4n) is 1.61. The summed E-state index contributed by atoms with van der Waals surface area (Å²) in [6.07, 6.45) is 0.816. The highest BCUT2D eigenvalue weighted by Gasteiger charge is 2.20. The van der Waals surface area contributed by atoms with E-state index in [1.807, 2.05) is 13.0 Å². The number of morpholine rings is 1. The van der Waals surface area contributed by atoms with Gasteiger partial charge in [-0.15, -0.1) is 0 Å². The average Bonchev–Trinajstić information content (AvgIpc) is 2.78. The molecule has 2 heterocycles. The fraction of sp³-hybridized carbons (Fsp3) is 0.545. The summed E-state index contributed by atoms with van der Waals surface area (Å²) in [6, 6.07) is 3.60. The van der Waals surface area contributed by atoms with Gasteiger partial charge in [0.1, 0.15) is 5.76 Å². The van der Waals surface area contributed by atoms with E-state index in [4.69, 9.17) is 9.15 Å². The minimum atomic E-state index is -0.0296. The van der Waals surface area contributed by atoms with Crippen LogP contribution in [0.3, 0.4) is 0 Å². The molecule has 0 saturated carbocycles. The van der Waals surface area contributed by atoms with Crippen LogP contribution in [0.5, 0.6) is 0 Å². The van der Waals surface area contributed by atoms with Crippen molar-refractivity contribution < 1.29 is 13.9 Å². The van der Waals surface area contributed by atoms with Crippen LogP contribution in [-0.4, -0.2) is 37.1 Å². The number of nitrogens with zero attached hydrogens (tertiary/aromatic N) is 1. The van der Waals surface area contributed by atoms with Gasteiger partial charge in [-0.1, -0.05) is 6.92 Å². The van der Waals surface area contributed by atoms with Gasteiger partial charge in [-0.25, -0.2) is 0 Å². The molecule has 0 spiro atoms. The molecule has 1 aliphatic rings. The van der Waals surface area contributed by atoms with Gasteiger partial charge in [0.25, 0.3) is 5.91 Å². The molecule has 1 aromatic heterocycles. The standard InChI is InChI=1S/C11H15NO3/c1-2-9-3-4-10(15-9)11(13)12-5-7-14-8-6-12/h3-4H,2,5-8H2,1H3. The zero-order chi connectivity index (χ0) is 10.7. The van der Waals surface area contributed by atoms with Crippen LogP contribution in [0.1, 0.15) is 23.2 Å². The molecule has 0 aromatic carbocycles. The van der Waals surface area contributed by atoms with Crippen LogP contribution in [-0.2, 0) is 11.2 Å². The molecule has 0 atom stereocenters. The minimum absolute atomic E-state index is 0.0296. The molecule has 1 aromatic rings. The molecule has 82 valence electrons. The second kappa shape index (κ2) is 4.49. The Hall–Kier alpha value is -1.29. The van der Waals surface area contributed by atoms with Gasteiger partial charge in [0.2, 0.25) is 0 Å². The van der Waals surface area contributed by atoms with Gasteiger partial charge in [-0.3, -0.25) is 4.79 Å². The third-order valence-corrected chi connectivity index (χ3v) is 2.52. The Morgan fingerprint density at radius 2 is 2.13 bits per heavy atom. The molecule has 4 nitrogen and oxygen atoms in total. The Labute approximate surface area is 88.8 Å². The molecule has 0 aliphatic carbocycles. The quantitative estimate of drug-likeness (QED) is 0.737. The Morgan fingerprint density at radius 1 is 1.40 bits per heavy atom. The van der Waals surface area contributed by atoms with Crippen LogP contribution in [0.15, 0.2) is 16.5 Å². The third kappa shape index (κ3) is 2.21. The lowest BCUT2D eigenvalue weighted by Gasteiger charge is -2.25. The first-order valence-corrected chi connectivity index (χ1v) is 5.27. The Bertz CT molecular complexity index is 339. The van der Waals surface area contributed by atoms with Gasteiger partial charge >= 0.3 is 0 Å². The summed E-state index contributed by atoms with van der Waals surface area (Å²) in [5, 5.41) is 0. The topological polar surface area (TPSA) is 42.7 Å². The van der Waals surface area contributed by atoms with E-state index < -0.39 is 0 Å². The molecule has 0 unspecified atom stereocenters. The minimum Gasteiger partial charge on any atom is -0.456 e. The highest BCUT2D eigenvalue weighted by Crippen LogP contribution is 2.12. The molecule has 4 heteroatoms. The second-order valence-electron chi connectivity index (χ2n) is 3.52. The van der Waals surface area contributed by atoms with Crippen molar-refractivity contribution in [1.82, 2.24) is 4.90 Å². The lowest BCUT2D eigenvalue weighted by Crippen LogP contribution is -2.40. The van der Waals surface area contributed by atoms with Gasteiger partial charge in [0.05, 0.1) is 13.2 Å². The van der Waals surface area contributed by atoms with Crippen molar-refractivity contribution in [2.24, 2.45) is 0 Å². The van der Waals surface area contributed by atoms with Crippen molar-refractivity contribution in [2.75, 3.05) is 26.3 Å². The van der Waals surface area contributed by atoms with Gasteiger partial charge in [-0.05, 0) is 12.1 Å². The van der Waals surface area contributed by atoms with E-state index in [1.54, 1.807) is 11.0 Å². The molecule has 1 saturated heterocycles. The molecule has 2 rings (SSSR count). The highest BCUT2D eigenvalue weighted by molar-refractivity contribution is 5.91. The molecule has 1 amide bonds. The van der Waals surface area contributed by atoms with Gasteiger partial charge in [0, 0.05) is 19.5 Å². The van der Waals surface area contributed by atoms with Gasteiger partial charge < -0.3 is 14.1 Å². The molecule has 0 N–H and O–H groups in total. The van der Waals surface area contributed by atoms with E-state index in [0.717, 1.165) is 12.2 Å². The van der Waals surface area contributed by atoms with Crippen LogP contribution in [0, 0.1) is 0 Å². The summed E-state index contributed by atoms with van der Waals surface area (Å²) >= 11 is 0. The van der Waals surface area contributed by atoms with Crippen LogP contribution in [0.2, 0.25) is 0 Å². The molecule has 15 heavy (non-hydrogen) atoms. The third-order valence-electron chi connectivity index (χ3n) is 2.52. The van der Waals surface area contributed by atoms with Gasteiger partial charge in [-0.2, -0.15) is 0 Å². The van der Waals surface area contributed by atoms with Crippen molar-refractivity contribution in [3.63, 3.8) is 0 Å². The number of hydrogen-bond acceptors (Lipinski definition) is 3.